The fraction of sp³-hybridized carbons (Fsp3) is 0.423. The molecule has 192 valence electrons. The Balaban J connectivity index is 1.63. The zero-order chi connectivity index (χ0) is 26.1. The largest absolute Gasteiger partial charge is 0.507 e. The van der Waals surface area contributed by atoms with Crippen LogP contribution in [0.3, 0.4) is 0 Å². The van der Waals surface area contributed by atoms with Crippen molar-refractivity contribution >= 4 is 22.7 Å². The van der Waals surface area contributed by atoms with Gasteiger partial charge in [-0.25, -0.2) is 4.79 Å². The Morgan fingerprint density at radius 1 is 1.00 bits per heavy atom. The molecule has 4 rings (SSSR count). The van der Waals surface area contributed by atoms with Crippen LogP contribution in [0.15, 0.2) is 42.5 Å². The van der Waals surface area contributed by atoms with E-state index in [4.69, 9.17) is 4.74 Å². The molecule has 0 unspecified atom stereocenters. The fourth-order valence-electron chi connectivity index (χ4n) is 4.43. The number of alkyl carbamates (subject to hydrolysis) is 1. The summed E-state index contributed by atoms with van der Waals surface area (Å²) < 4.78 is 44.5. The first-order valence-electron chi connectivity index (χ1n) is 11.8. The summed E-state index contributed by atoms with van der Waals surface area (Å²) in [5, 5.41) is 26.6. The van der Waals surface area contributed by atoms with Crippen molar-refractivity contribution in [1.29, 1.82) is 0 Å². The van der Waals surface area contributed by atoms with E-state index in [-0.39, 0.29) is 23.3 Å². The quantitative estimate of drug-likeness (QED) is 0.389. The minimum atomic E-state index is -4.57. The van der Waals surface area contributed by atoms with Gasteiger partial charge in [-0.2, -0.15) is 13.2 Å². The number of phenolic OH excluding ortho intramolecular Hbond substituents is 1. The number of alkyl halides is 3. The lowest BCUT2D eigenvalue weighted by Crippen LogP contribution is -2.49. The number of ether oxygens (including phenoxy) is 1. The molecule has 2 aromatic carbocycles. The summed E-state index contributed by atoms with van der Waals surface area (Å²) in [6, 6.07) is 9.72. The Morgan fingerprint density at radius 3 is 2.31 bits per heavy atom. The van der Waals surface area contributed by atoms with Crippen LogP contribution < -0.4 is 10.6 Å². The summed E-state index contributed by atoms with van der Waals surface area (Å²) in [4.78, 5) is 12.4. The van der Waals surface area contributed by atoms with Gasteiger partial charge in [-0.05, 0) is 51.8 Å². The normalized spacial score (nSPS) is 18.6. The number of aromatic hydroxyl groups is 1. The van der Waals surface area contributed by atoms with Crippen LogP contribution in [-0.2, 0) is 10.9 Å². The van der Waals surface area contributed by atoms with Crippen molar-refractivity contribution in [2.75, 3.05) is 5.32 Å². The lowest BCUT2D eigenvalue weighted by atomic mass is 9.90. The number of carbonyl (C=O) groups excluding carboxylic acids is 1. The van der Waals surface area contributed by atoms with E-state index in [9.17, 15) is 23.1 Å². The van der Waals surface area contributed by atoms with E-state index in [0.29, 0.717) is 22.7 Å². The molecular weight excluding hydrogens is 473 g/mol. The summed E-state index contributed by atoms with van der Waals surface area (Å²) in [7, 11) is 0. The third-order valence-corrected chi connectivity index (χ3v) is 6.06. The van der Waals surface area contributed by atoms with E-state index in [1.54, 1.807) is 32.9 Å². The van der Waals surface area contributed by atoms with Crippen molar-refractivity contribution in [3.63, 3.8) is 0 Å². The number of carbonyl (C=O) groups is 1. The smallest absolute Gasteiger partial charge is 0.416 e. The third-order valence-electron chi connectivity index (χ3n) is 6.06. The molecule has 1 aliphatic rings. The molecule has 0 spiro atoms. The molecule has 0 saturated heterocycles. The zero-order valence-corrected chi connectivity index (χ0v) is 20.3. The van der Waals surface area contributed by atoms with Crippen LogP contribution in [0.5, 0.6) is 5.75 Å². The highest BCUT2D eigenvalue weighted by atomic mass is 19.4. The number of amides is 1. The van der Waals surface area contributed by atoms with Crippen molar-refractivity contribution in [1.82, 2.24) is 15.5 Å². The zero-order valence-electron chi connectivity index (χ0n) is 20.3. The molecule has 1 saturated carbocycles. The van der Waals surface area contributed by atoms with Gasteiger partial charge in [0.05, 0.1) is 11.6 Å². The van der Waals surface area contributed by atoms with Gasteiger partial charge in [-0.1, -0.05) is 37.1 Å². The van der Waals surface area contributed by atoms with Crippen LogP contribution in [0.2, 0.25) is 0 Å². The Bertz CT molecular complexity index is 1260. The Morgan fingerprint density at radius 2 is 1.67 bits per heavy atom. The molecule has 0 radical (unpaired) electrons. The number of halogens is 3. The molecule has 3 N–H and O–H groups in total. The number of anilines is 1. The van der Waals surface area contributed by atoms with Crippen molar-refractivity contribution < 1.29 is 27.8 Å². The summed E-state index contributed by atoms with van der Waals surface area (Å²) in [6.07, 6.45) is -1.52. The Kier molecular flexibility index (Phi) is 6.97. The molecule has 0 bridgehead atoms. The molecule has 0 aliphatic heterocycles. The SMILES string of the molecule is CC(C)(C)OC(=O)N[C@@H]1CCCC[C@H]1Nc1nnc(-c2ccc(C(F)(F)F)cc2O)c2ccccc12. The standard InChI is InChI=1S/C26H29F3N4O3/c1-25(2,3)36-24(35)31-20-11-7-6-10-19(20)30-23-17-9-5-4-8-16(17)22(32-33-23)18-13-12-15(14-21(18)34)26(27,28)29/h4-5,8-9,12-14,19-20,34H,6-7,10-11H2,1-3H3,(H,30,33)(H,31,35)/t19-,20-/m1/s1. The maximum Gasteiger partial charge on any atom is 0.416 e. The van der Waals surface area contributed by atoms with E-state index < -0.39 is 29.2 Å². The number of nitrogens with one attached hydrogen (secondary N) is 2. The minimum Gasteiger partial charge on any atom is -0.507 e. The lowest BCUT2D eigenvalue weighted by molar-refractivity contribution is -0.137. The third kappa shape index (κ3) is 5.80. The highest BCUT2D eigenvalue weighted by Gasteiger charge is 2.32. The monoisotopic (exact) mass is 502 g/mol. The first kappa shape index (κ1) is 25.5. The number of fused-ring (bicyclic) bond motifs is 1. The summed E-state index contributed by atoms with van der Waals surface area (Å²) >= 11 is 0. The second-order valence-corrected chi connectivity index (χ2v) is 9.96. The van der Waals surface area contributed by atoms with Crippen LogP contribution >= 0.6 is 0 Å². The maximum absolute atomic E-state index is 13.0. The van der Waals surface area contributed by atoms with Gasteiger partial charge in [0.15, 0.2) is 5.82 Å². The van der Waals surface area contributed by atoms with Gasteiger partial charge in [-0.3, -0.25) is 0 Å². The van der Waals surface area contributed by atoms with Crippen molar-refractivity contribution in [3.05, 3.63) is 48.0 Å². The fourth-order valence-corrected chi connectivity index (χ4v) is 4.43. The lowest BCUT2D eigenvalue weighted by Gasteiger charge is -2.33. The van der Waals surface area contributed by atoms with E-state index in [1.165, 1.54) is 6.07 Å². The number of aromatic nitrogens is 2. The molecule has 1 aromatic heterocycles. The summed E-state index contributed by atoms with van der Waals surface area (Å²) in [6.45, 7) is 5.42. The Labute approximate surface area is 207 Å². The molecule has 2 atom stereocenters. The number of rotatable bonds is 4. The average Bonchev–Trinajstić information content (AvgIpc) is 2.79. The molecule has 1 heterocycles. The van der Waals surface area contributed by atoms with Crippen LogP contribution in [0.25, 0.3) is 22.0 Å². The molecule has 10 heteroatoms. The predicted molar refractivity (Wildman–Crippen MR) is 131 cm³/mol. The van der Waals surface area contributed by atoms with Gasteiger partial charge in [0, 0.05) is 22.4 Å². The molecule has 3 aromatic rings. The van der Waals surface area contributed by atoms with Crippen molar-refractivity contribution in [3.8, 4) is 17.0 Å². The van der Waals surface area contributed by atoms with E-state index in [2.05, 4.69) is 20.8 Å². The van der Waals surface area contributed by atoms with Crippen LogP contribution in [0.4, 0.5) is 23.8 Å². The summed E-state index contributed by atoms with van der Waals surface area (Å²) in [5.74, 6) is -0.0393. The Hall–Kier alpha value is -3.56. The van der Waals surface area contributed by atoms with Crippen molar-refractivity contribution in [2.24, 2.45) is 0 Å². The highest BCUT2D eigenvalue weighted by molar-refractivity contribution is 6.01. The molecule has 1 amide bonds. The molecule has 7 nitrogen and oxygen atoms in total. The first-order valence-corrected chi connectivity index (χ1v) is 11.8. The minimum absolute atomic E-state index is 0.116. The van der Waals surface area contributed by atoms with Gasteiger partial charge in [0.25, 0.3) is 0 Å². The molecular formula is C26H29F3N4O3. The van der Waals surface area contributed by atoms with Gasteiger partial charge in [-0.15, -0.1) is 10.2 Å². The maximum atomic E-state index is 13.0. The van der Waals surface area contributed by atoms with Gasteiger partial charge in [0.1, 0.15) is 17.0 Å². The number of hydrogen-bond acceptors (Lipinski definition) is 6. The number of hydrogen-bond donors (Lipinski definition) is 3. The number of nitrogens with zero attached hydrogens (tertiary/aromatic N) is 2. The second-order valence-electron chi connectivity index (χ2n) is 9.96. The van der Waals surface area contributed by atoms with Crippen LogP contribution in [-0.4, -0.2) is 39.1 Å². The van der Waals surface area contributed by atoms with Crippen LogP contribution in [0, 0.1) is 0 Å². The first-order chi connectivity index (χ1) is 16.9. The van der Waals surface area contributed by atoms with Gasteiger partial charge in [0.2, 0.25) is 0 Å². The van der Waals surface area contributed by atoms with Gasteiger partial charge < -0.3 is 20.5 Å². The van der Waals surface area contributed by atoms with E-state index in [1.807, 2.05) is 12.1 Å². The number of phenols is 1. The van der Waals surface area contributed by atoms with Crippen molar-refractivity contribution in [2.45, 2.75) is 70.3 Å². The highest BCUT2D eigenvalue weighted by Crippen LogP contribution is 2.39. The van der Waals surface area contributed by atoms with Gasteiger partial charge >= 0.3 is 12.3 Å². The molecule has 1 fully saturated rings. The topological polar surface area (TPSA) is 96.4 Å². The average molecular weight is 503 g/mol. The van der Waals surface area contributed by atoms with E-state index in [0.717, 1.165) is 31.7 Å². The number of benzene rings is 2. The second kappa shape index (κ2) is 9.83. The molecule has 36 heavy (non-hydrogen) atoms. The predicted octanol–water partition coefficient (Wildman–Crippen LogP) is 6.27. The van der Waals surface area contributed by atoms with Crippen LogP contribution in [0.1, 0.15) is 52.0 Å². The summed E-state index contributed by atoms with van der Waals surface area (Å²) in [5.41, 5.74) is -1.13. The molecule has 1 aliphatic carbocycles. The van der Waals surface area contributed by atoms with E-state index >= 15 is 0 Å².